The maximum atomic E-state index is 12.2. The minimum absolute atomic E-state index is 0.0436. The monoisotopic (exact) mass is 331 g/mol. The van der Waals surface area contributed by atoms with Crippen molar-refractivity contribution < 1.29 is 16.8 Å². The van der Waals surface area contributed by atoms with Gasteiger partial charge in [0.25, 0.3) is 10.0 Å². The number of benzene rings is 1. The molecule has 21 heavy (non-hydrogen) atoms. The highest BCUT2D eigenvalue weighted by Crippen LogP contribution is 2.21. The summed E-state index contributed by atoms with van der Waals surface area (Å²) in [6.07, 6.45) is 1.25. The molecular weight excluding hydrogens is 318 g/mol. The molecule has 0 bridgehead atoms. The topological polar surface area (TPSA) is 150 Å². The van der Waals surface area contributed by atoms with Crippen LogP contribution in [0.4, 0.5) is 11.5 Å². The zero-order valence-corrected chi connectivity index (χ0v) is 12.5. The van der Waals surface area contributed by atoms with Crippen molar-refractivity contribution in [3.63, 3.8) is 0 Å². The number of sulfonamides is 2. The minimum Gasteiger partial charge on any atom is -0.381 e. The highest BCUT2D eigenvalue weighted by atomic mass is 32.2. The number of anilines is 2. The number of hydrogen-bond acceptors (Lipinski definition) is 6. The van der Waals surface area contributed by atoms with E-state index in [1.807, 2.05) is 0 Å². The molecular formula is C10H13N5O4S2. The maximum Gasteiger partial charge on any atom is 0.281 e. The van der Waals surface area contributed by atoms with Crippen LogP contribution in [-0.2, 0) is 27.1 Å². The summed E-state index contributed by atoms with van der Waals surface area (Å²) in [7, 11) is -6.46. The smallest absolute Gasteiger partial charge is 0.281 e. The Hall–Kier alpha value is -2.11. The Morgan fingerprint density at radius 3 is 2.43 bits per heavy atom. The molecule has 5 N–H and O–H groups in total. The van der Waals surface area contributed by atoms with Crippen molar-refractivity contribution in [1.29, 1.82) is 0 Å². The van der Waals surface area contributed by atoms with Crippen LogP contribution in [0.5, 0.6) is 0 Å². The second-order valence-corrected chi connectivity index (χ2v) is 7.38. The van der Waals surface area contributed by atoms with E-state index in [0.29, 0.717) is 0 Å². The molecule has 0 amide bonds. The van der Waals surface area contributed by atoms with E-state index in [1.165, 1.54) is 36.1 Å². The third-order valence-electron chi connectivity index (χ3n) is 2.58. The Balaban J connectivity index is 2.43. The molecule has 0 aliphatic carbocycles. The molecule has 2 rings (SSSR count). The van der Waals surface area contributed by atoms with E-state index in [-0.39, 0.29) is 21.4 Å². The summed E-state index contributed by atoms with van der Waals surface area (Å²) in [5.74, 6) is -0.160. The molecule has 0 aliphatic heterocycles. The first-order chi connectivity index (χ1) is 9.61. The van der Waals surface area contributed by atoms with Crippen molar-refractivity contribution in [2.24, 2.45) is 12.2 Å². The number of nitrogens with zero attached hydrogens (tertiary/aromatic N) is 2. The fourth-order valence-electron chi connectivity index (χ4n) is 1.70. The van der Waals surface area contributed by atoms with Crippen LogP contribution in [0.2, 0.25) is 0 Å². The lowest BCUT2D eigenvalue weighted by Gasteiger charge is -2.09. The van der Waals surface area contributed by atoms with Gasteiger partial charge in [0.1, 0.15) is 0 Å². The van der Waals surface area contributed by atoms with Gasteiger partial charge in [-0.15, -0.1) is 0 Å². The Morgan fingerprint density at radius 1 is 1.24 bits per heavy atom. The maximum absolute atomic E-state index is 12.2. The first-order valence-corrected chi connectivity index (χ1v) is 8.57. The summed E-state index contributed by atoms with van der Waals surface area (Å²) in [6, 6.07) is 5.12. The van der Waals surface area contributed by atoms with Gasteiger partial charge in [-0.3, -0.25) is 4.72 Å². The molecule has 114 valence electrons. The predicted octanol–water partition coefficient (Wildman–Crippen LogP) is -0.549. The van der Waals surface area contributed by atoms with Crippen molar-refractivity contribution in [2.75, 3.05) is 10.5 Å². The molecule has 11 heteroatoms. The van der Waals surface area contributed by atoms with Crippen LogP contribution >= 0.6 is 0 Å². The van der Waals surface area contributed by atoms with Gasteiger partial charge in [0.15, 0.2) is 10.8 Å². The molecule has 9 nitrogen and oxygen atoms in total. The number of rotatable bonds is 4. The molecule has 1 heterocycles. The third kappa shape index (κ3) is 3.15. The molecule has 1 aromatic carbocycles. The van der Waals surface area contributed by atoms with Gasteiger partial charge in [0.05, 0.1) is 16.9 Å². The van der Waals surface area contributed by atoms with Crippen molar-refractivity contribution in [3.05, 3.63) is 30.6 Å². The van der Waals surface area contributed by atoms with E-state index in [4.69, 9.17) is 10.9 Å². The summed E-state index contributed by atoms with van der Waals surface area (Å²) >= 11 is 0. The van der Waals surface area contributed by atoms with Crippen LogP contribution in [0.15, 0.2) is 40.5 Å². The molecule has 0 fully saturated rings. The quantitative estimate of drug-likeness (QED) is 0.684. The Labute approximate surface area is 121 Å². The zero-order valence-electron chi connectivity index (χ0n) is 10.9. The SMILES string of the molecule is Cn1cnc(N)c1S(=O)(=O)Nc1cccc(S(N)(=O)=O)c1. The van der Waals surface area contributed by atoms with Gasteiger partial charge in [-0.1, -0.05) is 6.07 Å². The molecule has 2 aromatic rings. The molecule has 0 unspecified atom stereocenters. The second-order valence-electron chi connectivity index (χ2n) is 4.22. The van der Waals surface area contributed by atoms with Gasteiger partial charge in [0.2, 0.25) is 10.0 Å². The Morgan fingerprint density at radius 2 is 1.90 bits per heavy atom. The van der Waals surface area contributed by atoms with Gasteiger partial charge in [0, 0.05) is 7.05 Å². The molecule has 0 saturated carbocycles. The van der Waals surface area contributed by atoms with Crippen molar-refractivity contribution >= 4 is 31.6 Å². The second kappa shape index (κ2) is 5.02. The molecule has 0 spiro atoms. The Kier molecular flexibility index (Phi) is 3.65. The Bertz CT molecular complexity index is 866. The number of primary sulfonamides is 1. The van der Waals surface area contributed by atoms with Gasteiger partial charge >= 0.3 is 0 Å². The van der Waals surface area contributed by atoms with E-state index < -0.39 is 20.0 Å². The average Bonchev–Trinajstić information content (AvgIpc) is 2.68. The fourth-order valence-corrected chi connectivity index (χ4v) is 3.55. The number of nitrogens with one attached hydrogen (secondary N) is 1. The lowest BCUT2D eigenvalue weighted by atomic mass is 10.3. The van der Waals surface area contributed by atoms with E-state index >= 15 is 0 Å². The van der Waals surface area contributed by atoms with Gasteiger partial charge in [-0.2, -0.15) is 8.42 Å². The fraction of sp³-hybridized carbons (Fsp3) is 0.100. The van der Waals surface area contributed by atoms with Gasteiger partial charge in [-0.25, -0.2) is 18.5 Å². The summed E-state index contributed by atoms with van der Waals surface area (Å²) in [6.45, 7) is 0. The van der Waals surface area contributed by atoms with Crippen LogP contribution in [0.1, 0.15) is 0 Å². The summed E-state index contributed by atoms with van der Waals surface area (Å²) < 4.78 is 50.4. The average molecular weight is 331 g/mol. The van der Waals surface area contributed by atoms with Gasteiger partial charge in [-0.05, 0) is 18.2 Å². The number of nitrogen functional groups attached to an aromatic ring is 1. The summed E-state index contributed by atoms with van der Waals surface area (Å²) in [4.78, 5) is 3.48. The minimum atomic E-state index is -4.00. The first-order valence-electron chi connectivity index (χ1n) is 5.54. The largest absolute Gasteiger partial charge is 0.381 e. The lowest BCUT2D eigenvalue weighted by molar-refractivity contribution is 0.591. The number of aromatic nitrogens is 2. The molecule has 0 saturated heterocycles. The highest BCUT2D eigenvalue weighted by Gasteiger charge is 2.23. The van der Waals surface area contributed by atoms with E-state index in [2.05, 4.69) is 9.71 Å². The predicted molar refractivity (Wildman–Crippen MR) is 76.2 cm³/mol. The van der Waals surface area contributed by atoms with Crippen LogP contribution < -0.4 is 15.6 Å². The molecule has 1 aromatic heterocycles. The first kappa shape index (κ1) is 15.3. The van der Waals surface area contributed by atoms with Crippen LogP contribution in [0, 0.1) is 0 Å². The van der Waals surface area contributed by atoms with E-state index in [0.717, 1.165) is 6.07 Å². The van der Waals surface area contributed by atoms with Crippen LogP contribution in [-0.4, -0.2) is 26.4 Å². The summed E-state index contributed by atoms with van der Waals surface area (Å²) in [5, 5.41) is 4.77. The van der Waals surface area contributed by atoms with Crippen LogP contribution in [0.25, 0.3) is 0 Å². The molecule has 0 radical (unpaired) electrons. The van der Waals surface area contributed by atoms with Gasteiger partial charge < -0.3 is 10.3 Å². The normalized spacial score (nSPS) is 12.3. The number of imidazole rings is 1. The third-order valence-corrected chi connectivity index (χ3v) is 5.00. The van der Waals surface area contributed by atoms with E-state index in [9.17, 15) is 16.8 Å². The molecule has 0 atom stereocenters. The standard InChI is InChI=1S/C10H13N5O4S2/c1-15-6-13-9(11)10(15)21(18,19)14-7-3-2-4-8(5-7)20(12,16)17/h2-6,14H,11H2,1H3,(H2,12,16,17). The van der Waals surface area contributed by atoms with E-state index in [1.54, 1.807) is 0 Å². The summed E-state index contributed by atoms with van der Waals surface area (Å²) in [5.41, 5.74) is 5.56. The lowest BCUT2D eigenvalue weighted by Crippen LogP contribution is -2.18. The van der Waals surface area contributed by atoms with Crippen LogP contribution in [0.3, 0.4) is 0 Å². The number of aryl methyl sites for hydroxylation is 1. The number of hydrogen-bond donors (Lipinski definition) is 3. The molecule has 0 aliphatic rings. The highest BCUT2D eigenvalue weighted by molar-refractivity contribution is 7.92. The number of nitrogens with two attached hydrogens (primary N) is 2. The van der Waals surface area contributed by atoms with Crippen molar-refractivity contribution in [2.45, 2.75) is 9.92 Å². The van der Waals surface area contributed by atoms with Crippen molar-refractivity contribution in [1.82, 2.24) is 9.55 Å². The zero-order chi connectivity index (χ0) is 15.8. The van der Waals surface area contributed by atoms with Crippen molar-refractivity contribution in [3.8, 4) is 0 Å².